The monoisotopic (exact) mass is 351 g/mol. The first-order valence-corrected chi connectivity index (χ1v) is 9.40. The third-order valence-electron chi connectivity index (χ3n) is 4.45. The van der Waals surface area contributed by atoms with Gasteiger partial charge < -0.3 is 0 Å². The zero-order valence-corrected chi connectivity index (χ0v) is 14.0. The van der Waals surface area contributed by atoms with Crippen LogP contribution < -0.4 is 0 Å². The summed E-state index contributed by atoms with van der Waals surface area (Å²) in [5.74, 6) is -1.27. The van der Waals surface area contributed by atoms with Crippen LogP contribution in [-0.4, -0.2) is 25.8 Å². The molecule has 1 aliphatic heterocycles. The molecule has 0 aliphatic carbocycles. The van der Waals surface area contributed by atoms with Crippen LogP contribution >= 0.6 is 0 Å². The lowest BCUT2D eigenvalue weighted by atomic mass is 9.91. The minimum atomic E-state index is -3.99. The smallest absolute Gasteiger partial charge is 0.207 e. The van der Waals surface area contributed by atoms with Gasteiger partial charge in [-0.15, -0.1) is 0 Å². The summed E-state index contributed by atoms with van der Waals surface area (Å²) in [6.07, 6.45) is 2.33. The molecular weight excluding hydrogens is 332 g/mol. The van der Waals surface area contributed by atoms with Crippen LogP contribution in [0.1, 0.15) is 18.4 Å². The molecule has 0 radical (unpaired) electrons. The number of rotatable bonds is 4. The fourth-order valence-corrected chi connectivity index (χ4v) is 4.66. The molecule has 0 aromatic heterocycles. The summed E-state index contributed by atoms with van der Waals surface area (Å²) >= 11 is 0. The van der Waals surface area contributed by atoms with Crippen LogP contribution in [0.15, 0.2) is 53.4 Å². The van der Waals surface area contributed by atoms with Crippen LogP contribution in [0, 0.1) is 17.6 Å². The highest BCUT2D eigenvalue weighted by Gasteiger charge is 2.31. The molecule has 0 unspecified atom stereocenters. The Kier molecular flexibility index (Phi) is 4.96. The number of benzene rings is 2. The minimum Gasteiger partial charge on any atom is -0.207 e. The van der Waals surface area contributed by atoms with Gasteiger partial charge in [-0.05, 0) is 48.9 Å². The van der Waals surface area contributed by atoms with Crippen molar-refractivity contribution in [3.8, 4) is 0 Å². The topological polar surface area (TPSA) is 37.4 Å². The van der Waals surface area contributed by atoms with E-state index in [2.05, 4.69) is 12.1 Å². The third-order valence-corrected chi connectivity index (χ3v) is 6.37. The molecule has 1 fully saturated rings. The number of hydrogen-bond donors (Lipinski definition) is 0. The maximum atomic E-state index is 13.8. The lowest BCUT2D eigenvalue weighted by molar-refractivity contribution is 0.272. The zero-order valence-electron chi connectivity index (χ0n) is 13.2. The summed E-state index contributed by atoms with van der Waals surface area (Å²) in [4.78, 5) is -0.580. The summed E-state index contributed by atoms with van der Waals surface area (Å²) < 4.78 is 53.5. The molecule has 0 spiro atoms. The molecule has 0 amide bonds. The predicted octanol–water partition coefficient (Wildman–Crippen LogP) is 3.61. The number of halogens is 2. The van der Waals surface area contributed by atoms with Crippen molar-refractivity contribution in [3.05, 3.63) is 65.7 Å². The molecule has 1 heterocycles. The number of nitrogens with zero attached hydrogens (tertiary/aromatic N) is 1. The molecule has 0 atom stereocenters. The fourth-order valence-electron chi connectivity index (χ4n) is 3.12. The van der Waals surface area contributed by atoms with E-state index < -0.39 is 26.6 Å². The number of sulfonamides is 1. The average molecular weight is 351 g/mol. The molecule has 128 valence electrons. The van der Waals surface area contributed by atoms with Crippen LogP contribution in [0.25, 0.3) is 0 Å². The van der Waals surface area contributed by atoms with E-state index in [0.717, 1.165) is 24.6 Å². The van der Waals surface area contributed by atoms with Gasteiger partial charge in [-0.25, -0.2) is 17.2 Å². The van der Waals surface area contributed by atoms with Gasteiger partial charge in [0.25, 0.3) is 0 Å². The van der Waals surface area contributed by atoms with Gasteiger partial charge in [0.1, 0.15) is 16.5 Å². The van der Waals surface area contributed by atoms with Crippen LogP contribution in [0.2, 0.25) is 0 Å². The van der Waals surface area contributed by atoms with E-state index in [1.807, 2.05) is 18.2 Å². The van der Waals surface area contributed by atoms with E-state index in [1.54, 1.807) is 0 Å². The number of hydrogen-bond acceptors (Lipinski definition) is 2. The Morgan fingerprint density at radius 1 is 1.00 bits per heavy atom. The highest BCUT2D eigenvalue weighted by atomic mass is 32.2. The second kappa shape index (κ2) is 6.99. The van der Waals surface area contributed by atoms with Crippen molar-refractivity contribution in [1.29, 1.82) is 0 Å². The SMILES string of the molecule is O=S(=O)(c1cc(F)ccc1F)N1CCC(Cc2ccccc2)CC1. The second-order valence-corrected chi connectivity index (χ2v) is 8.02. The van der Waals surface area contributed by atoms with Gasteiger partial charge in [0.15, 0.2) is 0 Å². The van der Waals surface area contributed by atoms with Gasteiger partial charge in [-0.1, -0.05) is 30.3 Å². The van der Waals surface area contributed by atoms with Gasteiger partial charge in [0.05, 0.1) is 0 Å². The molecule has 3 nitrogen and oxygen atoms in total. The van der Waals surface area contributed by atoms with Crippen LogP contribution in [0.3, 0.4) is 0 Å². The van der Waals surface area contributed by atoms with E-state index in [9.17, 15) is 17.2 Å². The Hall–Kier alpha value is -1.79. The first-order chi connectivity index (χ1) is 11.5. The summed E-state index contributed by atoms with van der Waals surface area (Å²) in [6.45, 7) is 0.658. The molecule has 1 aliphatic rings. The lowest BCUT2D eigenvalue weighted by Crippen LogP contribution is -2.39. The molecule has 0 saturated carbocycles. The Bertz CT molecular complexity index is 801. The summed E-state index contributed by atoms with van der Waals surface area (Å²) in [7, 11) is -3.99. The molecule has 2 aromatic rings. The van der Waals surface area contributed by atoms with Crippen molar-refractivity contribution >= 4 is 10.0 Å². The van der Waals surface area contributed by atoms with Crippen LogP contribution in [0.4, 0.5) is 8.78 Å². The Balaban J connectivity index is 1.68. The lowest BCUT2D eigenvalue weighted by Gasteiger charge is -2.31. The van der Waals surface area contributed by atoms with E-state index >= 15 is 0 Å². The summed E-state index contributed by atoms with van der Waals surface area (Å²) in [6, 6.07) is 12.6. The molecule has 3 rings (SSSR count). The second-order valence-electron chi connectivity index (χ2n) is 6.11. The molecule has 24 heavy (non-hydrogen) atoms. The van der Waals surface area contributed by atoms with Crippen molar-refractivity contribution in [2.75, 3.05) is 13.1 Å². The van der Waals surface area contributed by atoms with E-state index in [1.165, 1.54) is 9.87 Å². The van der Waals surface area contributed by atoms with Crippen LogP contribution in [0.5, 0.6) is 0 Å². The largest absolute Gasteiger partial charge is 0.246 e. The first kappa shape index (κ1) is 17.0. The minimum absolute atomic E-state index is 0.329. The third kappa shape index (κ3) is 3.65. The van der Waals surface area contributed by atoms with E-state index in [4.69, 9.17) is 0 Å². The Morgan fingerprint density at radius 2 is 1.67 bits per heavy atom. The maximum absolute atomic E-state index is 13.8. The van der Waals surface area contributed by atoms with Crippen molar-refractivity contribution in [1.82, 2.24) is 4.31 Å². The van der Waals surface area contributed by atoms with Crippen molar-refractivity contribution < 1.29 is 17.2 Å². The standard InChI is InChI=1S/C18H19F2NO2S/c19-16-6-7-17(20)18(13-16)24(22,23)21-10-8-15(9-11-21)12-14-4-2-1-3-5-14/h1-7,13,15H,8-12H2. The average Bonchev–Trinajstić information content (AvgIpc) is 2.58. The van der Waals surface area contributed by atoms with E-state index in [-0.39, 0.29) is 0 Å². The van der Waals surface area contributed by atoms with Gasteiger partial charge in [0, 0.05) is 13.1 Å². The van der Waals surface area contributed by atoms with Gasteiger partial charge in [0.2, 0.25) is 10.0 Å². The molecule has 2 aromatic carbocycles. The summed E-state index contributed by atoms with van der Waals surface area (Å²) in [5, 5.41) is 0. The highest BCUT2D eigenvalue weighted by molar-refractivity contribution is 7.89. The molecule has 1 saturated heterocycles. The quantitative estimate of drug-likeness (QED) is 0.844. The zero-order chi connectivity index (χ0) is 17.2. The first-order valence-electron chi connectivity index (χ1n) is 7.96. The normalized spacial score (nSPS) is 17.1. The number of piperidine rings is 1. The molecule has 6 heteroatoms. The summed E-state index contributed by atoms with van der Waals surface area (Å²) in [5.41, 5.74) is 1.23. The fraction of sp³-hybridized carbons (Fsp3) is 0.333. The Morgan fingerprint density at radius 3 is 2.33 bits per heavy atom. The molecular formula is C18H19F2NO2S. The Labute approximate surface area is 141 Å². The van der Waals surface area contributed by atoms with Gasteiger partial charge >= 0.3 is 0 Å². The van der Waals surface area contributed by atoms with Crippen molar-refractivity contribution in [3.63, 3.8) is 0 Å². The molecule has 0 bridgehead atoms. The van der Waals surface area contributed by atoms with Crippen molar-refractivity contribution in [2.24, 2.45) is 5.92 Å². The van der Waals surface area contributed by atoms with Crippen molar-refractivity contribution in [2.45, 2.75) is 24.2 Å². The highest BCUT2D eigenvalue weighted by Crippen LogP contribution is 2.27. The predicted molar refractivity (Wildman–Crippen MR) is 88.0 cm³/mol. The maximum Gasteiger partial charge on any atom is 0.246 e. The van der Waals surface area contributed by atoms with Gasteiger partial charge in [-0.3, -0.25) is 0 Å². The van der Waals surface area contributed by atoms with Gasteiger partial charge in [-0.2, -0.15) is 4.31 Å². The van der Waals surface area contributed by atoms with Crippen LogP contribution in [-0.2, 0) is 16.4 Å². The molecule has 0 N–H and O–H groups in total. The van der Waals surface area contributed by atoms with E-state index in [0.29, 0.717) is 31.8 Å².